The minimum atomic E-state index is -0.843. The van der Waals surface area contributed by atoms with Crippen molar-refractivity contribution in [2.45, 2.75) is 13.0 Å². The van der Waals surface area contributed by atoms with Gasteiger partial charge < -0.3 is 9.52 Å². The SMILES string of the molecule is Cc1ccc2nc(N3C(=O)C(O)=C(C(=O)c4ccco4)[C@@H]3c3cccc(Br)c3)sc2c1. The molecule has 0 bridgehead atoms. The van der Waals surface area contributed by atoms with Gasteiger partial charge in [-0.15, -0.1) is 0 Å². The summed E-state index contributed by atoms with van der Waals surface area (Å²) in [4.78, 5) is 32.4. The number of ketones is 1. The van der Waals surface area contributed by atoms with Gasteiger partial charge in [-0.1, -0.05) is 45.5 Å². The molecular weight excluding hydrogens is 480 g/mol. The minimum absolute atomic E-state index is 0.0338. The molecule has 6 nitrogen and oxygen atoms in total. The molecule has 1 amide bonds. The van der Waals surface area contributed by atoms with E-state index in [0.29, 0.717) is 10.7 Å². The summed E-state index contributed by atoms with van der Waals surface area (Å²) in [6.45, 7) is 1.98. The highest BCUT2D eigenvalue weighted by Crippen LogP contribution is 2.44. The zero-order valence-electron chi connectivity index (χ0n) is 16.2. The molecule has 0 spiro atoms. The smallest absolute Gasteiger partial charge is 0.296 e. The molecule has 1 aliphatic rings. The third-order valence-electron chi connectivity index (χ3n) is 5.10. The topological polar surface area (TPSA) is 83.6 Å². The van der Waals surface area contributed by atoms with Gasteiger partial charge >= 0.3 is 0 Å². The van der Waals surface area contributed by atoms with Gasteiger partial charge in [0, 0.05) is 4.47 Å². The van der Waals surface area contributed by atoms with E-state index in [0.717, 1.165) is 20.3 Å². The molecule has 5 rings (SSSR count). The van der Waals surface area contributed by atoms with Crippen LogP contribution >= 0.6 is 27.3 Å². The van der Waals surface area contributed by atoms with Crippen molar-refractivity contribution < 1.29 is 19.1 Å². The van der Waals surface area contributed by atoms with Crippen molar-refractivity contribution in [3.8, 4) is 0 Å². The number of amides is 1. The van der Waals surface area contributed by atoms with Gasteiger partial charge in [-0.2, -0.15) is 0 Å². The number of aliphatic hydroxyl groups is 1. The Hall–Kier alpha value is -3.23. The van der Waals surface area contributed by atoms with Gasteiger partial charge in [0.15, 0.2) is 16.7 Å². The third-order valence-corrected chi connectivity index (χ3v) is 6.61. The monoisotopic (exact) mass is 494 g/mol. The first-order chi connectivity index (χ1) is 14.9. The van der Waals surface area contributed by atoms with Crippen LogP contribution in [0.5, 0.6) is 0 Å². The Bertz CT molecular complexity index is 1370. The molecule has 0 unspecified atom stereocenters. The highest BCUT2D eigenvalue weighted by Gasteiger charge is 2.46. The predicted molar refractivity (Wildman–Crippen MR) is 121 cm³/mol. The van der Waals surface area contributed by atoms with Gasteiger partial charge in [0.05, 0.1) is 28.1 Å². The zero-order chi connectivity index (χ0) is 21.7. The molecule has 31 heavy (non-hydrogen) atoms. The molecule has 4 aromatic rings. The summed E-state index contributed by atoms with van der Waals surface area (Å²) in [6, 6.07) is 15.4. The molecule has 0 fully saturated rings. The summed E-state index contributed by atoms with van der Waals surface area (Å²) >= 11 is 4.79. The van der Waals surface area contributed by atoms with Crippen molar-refractivity contribution in [1.29, 1.82) is 0 Å². The fraction of sp³-hybridized carbons (Fsp3) is 0.0870. The molecule has 1 N–H and O–H groups in total. The van der Waals surface area contributed by atoms with Crippen molar-refractivity contribution >= 4 is 54.3 Å². The first kappa shape index (κ1) is 19.7. The lowest BCUT2D eigenvalue weighted by Gasteiger charge is -2.24. The van der Waals surface area contributed by atoms with Gasteiger partial charge in [0.1, 0.15) is 0 Å². The number of carbonyl (C=O) groups is 2. The number of rotatable bonds is 4. The van der Waals surface area contributed by atoms with Gasteiger partial charge in [-0.3, -0.25) is 14.5 Å². The van der Waals surface area contributed by atoms with Crippen LogP contribution in [0.4, 0.5) is 5.13 Å². The van der Waals surface area contributed by atoms with Crippen LogP contribution < -0.4 is 4.90 Å². The van der Waals surface area contributed by atoms with Gasteiger partial charge in [0.2, 0.25) is 5.78 Å². The van der Waals surface area contributed by atoms with E-state index in [2.05, 4.69) is 20.9 Å². The number of hydrogen-bond acceptors (Lipinski definition) is 6. The van der Waals surface area contributed by atoms with E-state index in [9.17, 15) is 14.7 Å². The maximum absolute atomic E-state index is 13.2. The number of Topliss-reactive ketones (excluding diaryl/α,β-unsaturated/α-hetero) is 1. The second-order valence-electron chi connectivity index (χ2n) is 7.17. The van der Waals surface area contributed by atoms with Crippen LogP contribution in [0.1, 0.15) is 27.7 Å². The number of aromatic nitrogens is 1. The van der Waals surface area contributed by atoms with E-state index in [1.807, 2.05) is 43.3 Å². The number of thiazole rings is 1. The largest absolute Gasteiger partial charge is 0.503 e. The Morgan fingerprint density at radius 3 is 2.77 bits per heavy atom. The maximum atomic E-state index is 13.2. The van der Waals surface area contributed by atoms with Crippen molar-refractivity contribution in [2.75, 3.05) is 4.90 Å². The second-order valence-corrected chi connectivity index (χ2v) is 9.09. The molecule has 3 heterocycles. The number of furan rings is 1. The number of aliphatic hydroxyl groups excluding tert-OH is 1. The fourth-order valence-corrected chi connectivity index (χ4v) is 5.20. The molecule has 0 aliphatic carbocycles. The Kier molecular flexibility index (Phi) is 4.75. The molecule has 2 aromatic carbocycles. The molecule has 8 heteroatoms. The van der Waals surface area contributed by atoms with Gasteiger partial charge in [-0.25, -0.2) is 4.98 Å². The lowest BCUT2D eigenvalue weighted by atomic mass is 9.95. The van der Waals surface area contributed by atoms with E-state index in [4.69, 9.17) is 4.42 Å². The normalized spacial score (nSPS) is 16.5. The number of carbonyl (C=O) groups excluding carboxylic acids is 2. The number of aryl methyl sites for hydroxylation is 1. The highest BCUT2D eigenvalue weighted by atomic mass is 79.9. The number of anilines is 1. The van der Waals surface area contributed by atoms with Crippen LogP contribution in [0.15, 0.2) is 81.1 Å². The Labute approximate surface area is 189 Å². The number of hydrogen-bond donors (Lipinski definition) is 1. The molecule has 0 radical (unpaired) electrons. The summed E-state index contributed by atoms with van der Waals surface area (Å²) in [5.74, 6) is -1.76. The zero-order valence-corrected chi connectivity index (χ0v) is 18.6. The van der Waals surface area contributed by atoms with Crippen molar-refractivity contribution in [3.05, 3.63) is 93.6 Å². The Morgan fingerprint density at radius 1 is 1.19 bits per heavy atom. The maximum Gasteiger partial charge on any atom is 0.296 e. The first-order valence-corrected chi connectivity index (χ1v) is 11.0. The lowest BCUT2D eigenvalue weighted by molar-refractivity contribution is -0.117. The van der Waals surface area contributed by atoms with E-state index in [1.165, 1.54) is 28.6 Å². The lowest BCUT2D eigenvalue weighted by Crippen LogP contribution is -2.30. The molecule has 1 aliphatic heterocycles. The molecular formula is C23H15BrN2O4S. The number of nitrogens with zero attached hydrogens (tertiary/aromatic N) is 2. The van der Waals surface area contributed by atoms with Crippen molar-refractivity contribution in [1.82, 2.24) is 4.98 Å². The van der Waals surface area contributed by atoms with E-state index >= 15 is 0 Å². The van der Waals surface area contributed by atoms with Crippen LogP contribution in [0.2, 0.25) is 0 Å². The van der Waals surface area contributed by atoms with Crippen LogP contribution in [0, 0.1) is 6.92 Å². The number of fused-ring (bicyclic) bond motifs is 1. The van der Waals surface area contributed by atoms with Crippen LogP contribution in [0.3, 0.4) is 0 Å². The molecule has 0 saturated carbocycles. The summed E-state index contributed by atoms with van der Waals surface area (Å²) in [5, 5.41) is 11.2. The Morgan fingerprint density at radius 2 is 2.03 bits per heavy atom. The van der Waals surface area contributed by atoms with Gasteiger partial charge in [0.25, 0.3) is 5.91 Å². The van der Waals surface area contributed by atoms with Crippen LogP contribution in [0.25, 0.3) is 10.2 Å². The molecule has 154 valence electrons. The van der Waals surface area contributed by atoms with Crippen LogP contribution in [-0.4, -0.2) is 21.8 Å². The summed E-state index contributed by atoms with van der Waals surface area (Å²) in [6.07, 6.45) is 1.38. The fourth-order valence-electron chi connectivity index (χ4n) is 3.69. The standard InChI is InChI=1S/C23H15BrN2O4S/c1-12-7-8-15-17(10-12)31-23(25-15)26-19(13-4-2-5-14(24)11-13)18(21(28)22(26)29)20(27)16-6-3-9-30-16/h2-11,19,28H,1H3/t19-/m0/s1. The van der Waals surface area contributed by atoms with E-state index < -0.39 is 23.5 Å². The highest BCUT2D eigenvalue weighted by molar-refractivity contribution is 9.10. The quantitative estimate of drug-likeness (QED) is 0.365. The average molecular weight is 495 g/mol. The minimum Gasteiger partial charge on any atom is -0.503 e. The van der Waals surface area contributed by atoms with E-state index in [1.54, 1.807) is 12.1 Å². The van der Waals surface area contributed by atoms with E-state index in [-0.39, 0.29) is 11.3 Å². The number of halogens is 1. The average Bonchev–Trinajstić information content (AvgIpc) is 3.46. The Balaban J connectivity index is 1.70. The van der Waals surface area contributed by atoms with Crippen molar-refractivity contribution in [2.24, 2.45) is 0 Å². The second kappa shape index (κ2) is 7.47. The molecule has 1 atom stereocenters. The molecule has 2 aromatic heterocycles. The summed E-state index contributed by atoms with van der Waals surface area (Å²) < 4.78 is 6.96. The summed E-state index contributed by atoms with van der Waals surface area (Å²) in [7, 11) is 0. The third kappa shape index (κ3) is 3.28. The predicted octanol–water partition coefficient (Wildman–Crippen LogP) is 5.74. The number of benzene rings is 2. The van der Waals surface area contributed by atoms with Crippen LogP contribution in [-0.2, 0) is 4.79 Å². The molecule has 0 saturated heterocycles. The van der Waals surface area contributed by atoms with Crippen molar-refractivity contribution in [3.63, 3.8) is 0 Å². The summed E-state index contributed by atoms with van der Waals surface area (Å²) in [5.41, 5.74) is 2.45. The van der Waals surface area contributed by atoms with Gasteiger partial charge in [-0.05, 0) is 54.4 Å². The first-order valence-electron chi connectivity index (χ1n) is 9.41.